The summed E-state index contributed by atoms with van der Waals surface area (Å²) in [7, 11) is 0. The molecule has 2 aromatic rings. The van der Waals surface area contributed by atoms with Crippen molar-refractivity contribution in [1.29, 1.82) is 0 Å². The van der Waals surface area contributed by atoms with Crippen molar-refractivity contribution < 1.29 is 0 Å². The fraction of sp³-hybridized carbons (Fsp3) is 0. The van der Waals surface area contributed by atoms with Crippen LogP contribution in [0.2, 0.25) is 0 Å². The molecule has 64 valence electrons. The van der Waals surface area contributed by atoms with E-state index in [0.29, 0.717) is 5.82 Å². The third-order valence-corrected chi connectivity index (χ3v) is 1.72. The van der Waals surface area contributed by atoms with Gasteiger partial charge in [-0.1, -0.05) is 6.07 Å². The summed E-state index contributed by atoms with van der Waals surface area (Å²) in [5.41, 5.74) is 7.42. The van der Waals surface area contributed by atoms with Crippen LogP contribution in [0.4, 0.5) is 5.82 Å². The molecule has 0 aromatic carbocycles. The van der Waals surface area contributed by atoms with Gasteiger partial charge in [-0.25, -0.2) is 9.97 Å². The molecule has 2 aromatic heterocycles. The molecule has 0 unspecified atom stereocenters. The number of nitrogen functional groups attached to an aromatic ring is 1. The Morgan fingerprint density at radius 2 is 2.08 bits per heavy atom. The number of pyridine rings is 1. The predicted molar refractivity (Wildman–Crippen MR) is 49.7 cm³/mol. The quantitative estimate of drug-likeness (QED) is 0.700. The molecular weight excluding hydrogens is 164 g/mol. The first kappa shape index (κ1) is 7.67. The zero-order valence-electron chi connectivity index (χ0n) is 6.88. The van der Waals surface area contributed by atoms with Crippen LogP contribution >= 0.6 is 0 Å². The Balaban J connectivity index is 2.54. The summed E-state index contributed by atoms with van der Waals surface area (Å²) in [6.07, 6.45) is 6.55. The molecule has 0 fully saturated rings. The van der Waals surface area contributed by atoms with Crippen LogP contribution in [0.15, 0.2) is 37.1 Å². The SMILES string of the molecule is Nc1ncncc1-c1cccnc1. The highest BCUT2D eigenvalue weighted by Crippen LogP contribution is 2.20. The van der Waals surface area contributed by atoms with Crippen molar-refractivity contribution in [2.45, 2.75) is 0 Å². The predicted octanol–water partition coefficient (Wildman–Crippen LogP) is 1.12. The zero-order valence-corrected chi connectivity index (χ0v) is 6.88. The van der Waals surface area contributed by atoms with Gasteiger partial charge in [-0.2, -0.15) is 0 Å². The molecule has 0 saturated heterocycles. The van der Waals surface area contributed by atoms with Crippen LogP contribution in [0.5, 0.6) is 0 Å². The van der Waals surface area contributed by atoms with E-state index in [1.807, 2.05) is 12.1 Å². The molecule has 13 heavy (non-hydrogen) atoms. The van der Waals surface area contributed by atoms with E-state index in [1.165, 1.54) is 6.33 Å². The average molecular weight is 172 g/mol. The number of aromatic nitrogens is 3. The van der Waals surface area contributed by atoms with Crippen molar-refractivity contribution in [3.63, 3.8) is 0 Å². The summed E-state index contributed by atoms with van der Waals surface area (Å²) >= 11 is 0. The number of hydrogen-bond donors (Lipinski definition) is 1. The Morgan fingerprint density at radius 1 is 1.15 bits per heavy atom. The molecule has 0 aliphatic carbocycles. The standard InChI is InChI=1S/C9H8N4/c10-9-8(5-12-6-13-9)7-2-1-3-11-4-7/h1-6H,(H2,10,12,13). The number of anilines is 1. The maximum absolute atomic E-state index is 5.67. The highest BCUT2D eigenvalue weighted by atomic mass is 14.9. The second-order valence-corrected chi connectivity index (χ2v) is 2.56. The van der Waals surface area contributed by atoms with Crippen molar-refractivity contribution in [2.75, 3.05) is 5.73 Å². The Morgan fingerprint density at radius 3 is 2.77 bits per heavy atom. The van der Waals surface area contributed by atoms with Gasteiger partial charge in [-0.3, -0.25) is 4.98 Å². The molecular formula is C9H8N4. The second-order valence-electron chi connectivity index (χ2n) is 2.56. The Kier molecular flexibility index (Phi) is 1.88. The van der Waals surface area contributed by atoms with E-state index < -0.39 is 0 Å². The third-order valence-electron chi connectivity index (χ3n) is 1.72. The van der Waals surface area contributed by atoms with Crippen molar-refractivity contribution in [2.24, 2.45) is 0 Å². The van der Waals surface area contributed by atoms with Crippen molar-refractivity contribution in [1.82, 2.24) is 15.0 Å². The van der Waals surface area contributed by atoms with Crippen LogP contribution in [-0.2, 0) is 0 Å². The molecule has 4 heteroatoms. The summed E-state index contributed by atoms with van der Waals surface area (Å²) in [5.74, 6) is 0.475. The molecule has 0 aliphatic heterocycles. The highest BCUT2D eigenvalue weighted by molar-refractivity contribution is 5.71. The van der Waals surface area contributed by atoms with Crippen molar-refractivity contribution in [3.8, 4) is 11.1 Å². The van der Waals surface area contributed by atoms with E-state index >= 15 is 0 Å². The van der Waals surface area contributed by atoms with Gasteiger partial charge in [0.2, 0.25) is 0 Å². The molecule has 0 atom stereocenters. The minimum atomic E-state index is 0.475. The lowest BCUT2D eigenvalue weighted by atomic mass is 10.1. The van der Waals surface area contributed by atoms with Crippen molar-refractivity contribution in [3.05, 3.63) is 37.1 Å². The summed E-state index contributed by atoms with van der Waals surface area (Å²) in [6, 6.07) is 3.77. The van der Waals surface area contributed by atoms with E-state index in [1.54, 1.807) is 18.6 Å². The molecule has 0 spiro atoms. The van der Waals surface area contributed by atoms with Crippen LogP contribution < -0.4 is 5.73 Å². The lowest BCUT2D eigenvalue weighted by Gasteiger charge is -2.01. The second kappa shape index (κ2) is 3.18. The fourth-order valence-corrected chi connectivity index (χ4v) is 1.08. The van der Waals surface area contributed by atoms with Crippen LogP contribution in [0.3, 0.4) is 0 Å². The maximum atomic E-state index is 5.67. The molecule has 4 nitrogen and oxygen atoms in total. The molecule has 0 radical (unpaired) electrons. The van der Waals surface area contributed by atoms with Crippen LogP contribution in [0.25, 0.3) is 11.1 Å². The maximum Gasteiger partial charge on any atom is 0.134 e. The Labute approximate surface area is 75.5 Å². The minimum absolute atomic E-state index is 0.475. The first-order chi connectivity index (χ1) is 6.38. The van der Waals surface area contributed by atoms with Crippen LogP contribution in [0.1, 0.15) is 0 Å². The molecule has 0 bridgehead atoms. The number of rotatable bonds is 1. The van der Waals surface area contributed by atoms with Gasteiger partial charge in [0.15, 0.2) is 0 Å². The lowest BCUT2D eigenvalue weighted by Crippen LogP contribution is -1.94. The summed E-state index contributed by atoms with van der Waals surface area (Å²) < 4.78 is 0. The molecule has 2 N–H and O–H groups in total. The van der Waals surface area contributed by atoms with E-state index in [2.05, 4.69) is 15.0 Å². The van der Waals surface area contributed by atoms with Gasteiger partial charge in [0, 0.05) is 29.7 Å². The van der Waals surface area contributed by atoms with Gasteiger partial charge >= 0.3 is 0 Å². The number of nitrogens with two attached hydrogens (primary N) is 1. The smallest absolute Gasteiger partial charge is 0.134 e. The third kappa shape index (κ3) is 1.46. The van der Waals surface area contributed by atoms with Crippen LogP contribution in [-0.4, -0.2) is 15.0 Å². The van der Waals surface area contributed by atoms with E-state index in [-0.39, 0.29) is 0 Å². The molecule has 2 heterocycles. The fourth-order valence-electron chi connectivity index (χ4n) is 1.08. The molecule has 2 rings (SSSR count). The Bertz CT molecular complexity index is 399. The van der Waals surface area contributed by atoms with Gasteiger partial charge in [-0.15, -0.1) is 0 Å². The van der Waals surface area contributed by atoms with Gasteiger partial charge in [0.25, 0.3) is 0 Å². The average Bonchev–Trinajstić information content (AvgIpc) is 2.20. The number of nitrogens with zero attached hydrogens (tertiary/aromatic N) is 3. The lowest BCUT2D eigenvalue weighted by molar-refractivity contribution is 1.18. The topological polar surface area (TPSA) is 64.7 Å². The van der Waals surface area contributed by atoms with E-state index in [9.17, 15) is 0 Å². The molecule has 0 aliphatic rings. The van der Waals surface area contributed by atoms with Crippen LogP contribution in [0, 0.1) is 0 Å². The summed E-state index contributed by atoms with van der Waals surface area (Å²) in [5, 5.41) is 0. The monoisotopic (exact) mass is 172 g/mol. The normalized spacial score (nSPS) is 9.85. The van der Waals surface area contributed by atoms with Gasteiger partial charge in [0.05, 0.1) is 0 Å². The van der Waals surface area contributed by atoms with Gasteiger partial charge < -0.3 is 5.73 Å². The highest BCUT2D eigenvalue weighted by Gasteiger charge is 2.01. The van der Waals surface area contributed by atoms with Gasteiger partial charge in [-0.05, 0) is 6.07 Å². The minimum Gasteiger partial charge on any atom is -0.383 e. The molecule has 0 amide bonds. The largest absolute Gasteiger partial charge is 0.383 e. The zero-order chi connectivity index (χ0) is 9.10. The Hall–Kier alpha value is -1.97. The van der Waals surface area contributed by atoms with Crippen molar-refractivity contribution >= 4 is 5.82 Å². The first-order valence-corrected chi connectivity index (χ1v) is 3.84. The summed E-state index contributed by atoms with van der Waals surface area (Å²) in [4.78, 5) is 11.8. The first-order valence-electron chi connectivity index (χ1n) is 3.84. The molecule has 0 saturated carbocycles. The summed E-state index contributed by atoms with van der Waals surface area (Å²) in [6.45, 7) is 0. The van der Waals surface area contributed by atoms with Gasteiger partial charge in [0.1, 0.15) is 12.1 Å². The number of hydrogen-bond acceptors (Lipinski definition) is 4. The van der Waals surface area contributed by atoms with E-state index in [0.717, 1.165) is 11.1 Å². The van der Waals surface area contributed by atoms with E-state index in [4.69, 9.17) is 5.73 Å².